The highest BCUT2D eigenvalue weighted by Crippen LogP contribution is 2.30. The molecule has 148 valence electrons. The topological polar surface area (TPSA) is 53.7 Å². The molecule has 2 aliphatic rings. The Bertz CT molecular complexity index is 1350. The third kappa shape index (κ3) is 3.63. The first-order valence-corrected chi connectivity index (χ1v) is 9.65. The molecule has 0 saturated heterocycles. The van der Waals surface area contributed by atoms with Gasteiger partial charge in [0.15, 0.2) is 0 Å². The van der Waals surface area contributed by atoms with E-state index in [9.17, 15) is 0 Å². The van der Waals surface area contributed by atoms with Gasteiger partial charge >= 0.3 is 0 Å². The number of aromatic nitrogens is 2. The Morgan fingerprint density at radius 2 is 1.53 bits per heavy atom. The highest BCUT2D eigenvalue weighted by Gasteiger charge is 2.16. The van der Waals surface area contributed by atoms with E-state index < -0.39 is 0 Å². The quantitative estimate of drug-likeness (QED) is 0.322. The summed E-state index contributed by atoms with van der Waals surface area (Å²) in [5.41, 5.74) is 6.17. The SMILES string of the molecule is Cl.N=c1cc2n(-c3ccc(Cl)cc3)c3ccccc3nc-2cc1Nc1ccccc1. The molecule has 0 bridgehead atoms. The summed E-state index contributed by atoms with van der Waals surface area (Å²) in [7, 11) is 0. The highest BCUT2D eigenvalue weighted by molar-refractivity contribution is 6.30. The largest absolute Gasteiger partial charge is 0.354 e. The summed E-state index contributed by atoms with van der Waals surface area (Å²) in [6, 6.07) is 29.4. The van der Waals surface area contributed by atoms with E-state index in [0.29, 0.717) is 16.1 Å². The van der Waals surface area contributed by atoms with E-state index >= 15 is 0 Å². The molecule has 3 aromatic carbocycles. The Morgan fingerprint density at radius 1 is 0.833 bits per heavy atom. The molecule has 0 fully saturated rings. The lowest BCUT2D eigenvalue weighted by molar-refractivity contribution is 1.07. The maximum atomic E-state index is 8.58. The molecule has 1 heterocycles. The first kappa shape index (κ1) is 20.0. The van der Waals surface area contributed by atoms with E-state index in [2.05, 4.69) is 9.88 Å². The zero-order valence-corrected chi connectivity index (χ0v) is 17.4. The lowest BCUT2D eigenvalue weighted by Crippen LogP contribution is -2.13. The molecule has 0 saturated carbocycles. The molecule has 2 N–H and O–H groups in total. The number of nitrogens with one attached hydrogen (secondary N) is 2. The van der Waals surface area contributed by atoms with Crippen LogP contribution in [0.5, 0.6) is 0 Å². The molecule has 1 aliphatic carbocycles. The summed E-state index contributed by atoms with van der Waals surface area (Å²) in [6.45, 7) is 0. The second-order valence-electron chi connectivity index (χ2n) is 6.79. The zero-order valence-electron chi connectivity index (χ0n) is 15.8. The summed E-state index contributed by atoms with van der Waals surface area (Å²) in [4.78, 5) is 4.85. The van der Waals surface area contributed by atoms with Crippen LogP contribution in [0, 0.1) is 5.41 Å². The number of halogens is 2. The van der Waals surface area contributed by atoms with Gasteiger partial charge in [-0.25, -0.2) is 4.98 Å². The fourth-order valence-corrected chi connectivity index (χ4v) is 3.63. The summed E-state index contributed by atoms with van der Waals surface area (Å²) in [5.74, 6) is 0. The van der Waals surface area contributed by atoms with Crippen molar-refractivity contribution in [2.75, 3.05) is 5.32 Å². The molecule has 1 aliphatic heterocycles. The van der Waals surface area contributed by atoms with Gasteiger partial charge in [0, 0.05) is 16.4 Å². The Balaban J connectivity index is 0.00000218. The zero-order chi connectivity index (χ0) is 19.8. The van der Waals surface area contributed by atoms with Crippen LogP contribution in [0.3, 0.4) is 0 Å². The molecule has 0 unspecified atom stereocenters. The lowest BCUT2D eigenvalue weighted by Gasteiger charge is -2.20. The number of hydrogen-bond acceptors (Lipinski definition) is 3. The average Bonchev–Trinajstić information content (AvgIpc) is 2.74. The van der Waals surface area contributed by atoms with Crippen molar-refractivity contribution in [2.45, 2.75) is 0 Å². The van der Waals surface area contributed by atoms with Crippen LogP contribution in [-0.2, 0) is 0 Å². The average molecular weight is 433 g/mol. The van der Waals surface area contributed by atoms with Crippen LogP contribution in [0.4, 0.5) is 11.4 Å². The minimum absolute atomic E-state index is 0. The normalized spacial score (nSPS) is 10.7. The van der Waals surface area contributed by atoms with E-state index in [1.54, 1.807) is 0 Å². The monoisotopic (exact) mass is 432 g/mol. The third-order valence-electron chi connectivity index (χ3n) is 4.86. The number of anilines is 2. The van der Waals surface area contributed by atoms with Crippen LogP contribution in [0.25, 0.3) is 28.1 Å². The maximum Gasteiger partial charge on any atom is 0.0900 e. The van der Waals surface area contributed by atoms with Crippen LogP contribution in [0.15, 0.2) is 91.0 Å². The molecule has 0 radical (unpaired) electrons. The van der Waals surface area contributed by atoms with Crippen molar-refractivity contribution in [3.8, 4) is 17.1 Å². The summed E-state index contributed by atoms with van der Waals surface area (Å²) in [6.07, 6.45) is 0. The number of nitrogens with zero attached hydrogens (tertiary/aromatic N) is 2. The maximum absolute atomic E-state index is 8.58. The molecule has 3 aromatic rings. The van der Waals surface area contributed by atoms with Gasteiger partial charge in [-0.1, -0.05) is 41.9 Å². The van der Waals surface area contributed by atoms with Crippen molar-refractivity contribution in [1.29, 1.82) is 5.41 Å². The van der Waals surface area contributed by atoms with E-state index in [1.807, 2.05) is 91.0 Å². The molecule has 6 heteroatoms. The van der Waals surface area contributed by atoms with Gasteiger partial charge in [0.05, 0.1) is 33.5 Å². The fraction of sp³-hybridized carbons (Fsp3) is 0. The Hall–Kier alpha value is -3.34. The van der Waals surface area contributed by atoms with Crippen LogP contribution in [0.1, 0.15) is 0 Å². The molecule has 0 aromatic heterocycles. The smallest absolute Gasteiger partial charge is 0.0900 e. The predicted molar refractivity (Wildman–Crippen MR) is 126 cm³/mol. The van der Waals surface area contributed by atoms with Crippen LogP contribution in [-0.4, -0.2) is 9.55 Å². The van der Waals surface area contributed by atoms with Crippen molar-refractivity contribution in [2.24, 2.45) is 0 Å². The second kappa shape index (κ2) is 8.19. The van der Waals surface area contributed by atoms with Crippen molar-refractivity contribution < 1.29 is 0 Å². The molecule has 4 nitrogen and oxygen atoms in total. The summed E-state index contributed by atoms with van der Waals surface area (Å²) >= 11 is 6.10. The standard InChI is InChI=1S/C24H17ClN4.ClH/c25-16-10-12-18(13-11-16)29-23-9-5-4-8-20(23)28-22-15-21(19(26)14-24(22)29)27-17-6-2-1-3-7-17;/h1-15,26-27H;1H. The number of benzene rings is 4. The van der Waals surface area contributed by atoms with Gasteiger partial charge in [-0.3, -0.25) is 5.41 Å². The van der Waals surface area contributed by atoms with Crippen molar-refractivity contribution >= 4 is 46.4 Å². The number of para-hydroxylation sites is 3. The van der Waals surface area contributed by atoms with E-state index in [1.165, 1.54) is 0 Å². The lowest BCUT2D eigenvalue weighted by atomic mass is 10.1. The summed E-state index contributed by atoms with van der Waals surface area (Å²) in [5, 5.41) is 13.0. The first-order valence-electron chi connectivity index (χ1n) is 9.27. The molecule has 0 spiro atoms. The minimum Gasteiger partial charge on any atom is -0.354 e. The first-order chi connectivity index (χ1) is 14.2. The summed E-state index contributed by atoms with van der Waals surface area (Å²) < 4.78 is 2.12. The predicted octanol–water partition coefficient (Wildman–Crippen LogP) is 6.43. The second-order valence-corrected chi connectivity index (χ2v) is 7.23. The van der Waals surface area contributed by atoms with E-state index in [0.717, 1.165) is 33.8 Å². The van der Waals surface area contributed by atoms with Gasteiger partial charge in [-0.15, -0.1) is 12.4 Å². The molecule has 0 atom stereocenters. The van der Waals surface area contributed by atoms with Gasteiger partial charge in [0.1, 0.15) is 0 Å². The van der Waals surface area contributed by atoms with E-state index in [-0.39, 0.29) is 12.4 Å². The fourth-order valence-electron chi connectivity index (χ4n) is 3.50. The van der Waals surface area contributed by atoms with Crippen molar-refractivity contribution in [3.63, 3.8) is 0 Å². The number of rotatable bonds is 3. The van der Waals surface area contributed by atoms with Gasteiger partial charge < -0.3 is 9.88 Å². The number of fused-ring (bicyclic) bond motifs is 2. The van der Waals surface area contributed by atoms with Gasteiger partial charge in [0.25, 0.3) is 0 Å². The number of hydrogen-bond donors (Lipinski definition) is 2. The minimum atomic E-state index is 0. The van der Waals surface area contributed by atoms with Crippen molar-refractivity contribution in [1.82, 2.24) is 9.55 Å². The molecule has 0 amide bonds. The Labute approximate surface area is 185 Å². The van der Waals surface area contributed by atoms with Gasteiger partial charge in [-0.05, 0) is 60.7 Å². The molecular formula is C24H18Cl2N4. The van der Waals surface area contributed by atoms with Gasteiger partial charge in [-0.2, -0.15) is 0 Å². The Kier molecular flexibility index (Phi) is 5.44. The van der Waals surface area contributed by atoms with Crippen LogP contribution >= 0.6 is 24.0 Å². The van der Waals surface area contributed by atoms with Crippen LogP contribution in [0.2, 0.25) is 5.02 Å². The van der Waals surface area contributed by atoms with Gasteiger partial charge in [0.2, 0.25) is 0 Å². The molecular weight excluding hydrogens is 415 g/mol. The molecule has 30 heavy (non-hydrogen) atoms. The van der Waals surface area contributed by atoms with E-state index in [4.69, 9.17) is 22.0 Å². The Morgan fingerprint density at radius 3 is 2.30 bits per heavy atom. The van der Waals surface area contributed by atoms with Crippen LogP contribution < -0.4 is 10.7 Å². The highest BCUT2D eigenvalue weighted by atomic mass is 35.5. The van der Waals surface area contributed by atoms with Crippen molar-refractivity contribution in [3.05, 3.63) is 101 Å². The molecule has 5 rings (SSSR count). The third-order valence-corrected chi connectivity index (χ3v) is 5.11.